The highest BCUT2D eigenvalue weighted by molar-refractivity contribution is 5.96. The van der Waals surface area contributed by atoms with Crippen molar-refractivity contribution in [1.82, 2.24) is 10.3 Å². The van der Waals surface area contributed by atoms with Gasteiger partial charge in [0.15, 0.2) is 0 Å². The third-order valence-corrected chi connectivity index (χ3v) is 2.57. The van der Waals surface area contributed by atoms with Crippen molar-refractivity contribution in [2.75, 3.05) is 6.54 Å². The second-order valence-corrected chi connectivity index (χ2v) is 4.03. The first-order chi connectivity index (χ1) is 8.52. The number of nitrogens with one attached hydrogen (secondary N) is 1. The predicted octanol–water partition coefficient (Wildman–Crippen LogP) is 1.02. The topological polar surface area (TPSA) is 99.5 Å². The molecule has 1 heterocycles. The maximum atomic E-state index is 11.6. The van der Waals surface area contributed by atoms with Gasteiger partial charge in [0.05, 0.1) is 17.7 Å². The van der Waals surface area contributed by atoms with Crippen LogP contribution in [0, 0.1) is 5.92 Å². The number of rotatable bonds is 6. The van der Waals surface area contributed by atoms with E-state index in [2.05, 4.69) is 10.3 Å². The fraction of sp³-hybridized carbons (Fsp3) is 0.417. The van der Waals surface area contributed by atoms with E-state index in [1.165, 1.54) is 18.5 Å². The Bertz CT molecular complexity index is 434. The van der Waals surface area contributed by atoms with Gasteiger partial charge in [-0.05, 0) is 18.9 Å². The number of carbonyl (C=O) groups is 2. The molecule has 1 amide bonds. The van der Waals surface area contributed by atoms with Crippen LogP contribution in [-0.4, -0.2) is 33.6 Å². The number of aromatic nitrogens is 1. The average molecular weight is 252 g/mol. The number of carboxylic acids is 1. The van der Waals surface area contributed by atoms with Crippen molar-refractivity contribution in [3.05, 3.63) is 24.0 Å². The molecule has 0 saturated heterocycles. The first kappa shape index (κ1) is 14.0. The highest BCUT2D eigenvalue weighted by Crippen LogP contribution is 2.13. The van der Waals surface area contributed by atoms with E-state index in [9.17, 15) is 14.7 Å². The Morgan fingerprint density at radius 3 is 2.83 bits per heavy atom. The molecule has 0 aliphatic heterocycles. The summed E-state index contributed by atoms with van der Waals surface area (Å²) in [6.45, 7) is 2.00. The summed E-state index contributed by atoms with van der Waals surface area (Å²) in [5.41, 5.74) is 0.163. The highest BCUT2D eigenvalue weighted by atomic mass is 16.4. The van der Waals surface area contributed by atoms with E-state index in [0.29, 0.717) is 19.4 Å². The lowest BCUT2D eigenvalue weighted by Gasteiger charge is -2.08. The van der Waals surface area contributed by atoms with Crippen LogP contribution in [0.4, 0.5) is 0 Å². The van der Waals surface area contributed by atoms with Gasteiger partial charge >= 0.3 is 5.97 Å². The summed E-state index contributed by atoms with van der Waals surface area (Å²) in [6, 6.07) is 1.42. The molecule has 6 heteroatoms. The Labute approximate surface area is 105 Å². The Morgan fingerprint density at radius 1 is 1.50 bits per heavy atom. The van der Waals surface area contributed by atoms with E-state index in [1.54, 1.807) is 6.92 Å². The number of carbonyl (C=O) groups excluding carboxylic acids is 1. The summed E-state index contributed by atoms with van der Waals surface area (Å²) in [4.78, 5) is 25.9. The van der Waals surface area contributed by atoms with E-state index < -0.39 is 17.8 Å². The van der Waals surface area contributed by atoms with Gasteiger partial charge in [0.2, 0.25) is 0 Å². The number of nitrogens with zero attached hydrogens (tertiary/aromatic N) is 1. The Morgan fingerprint density at radius 2 is 2.22 bits per heavy atom. The van der Waals surface area contributed by atoms with Crippen molar-refractivity contribution in [2.45, 2.75) is 19.8 Å². The van der Waals surface area contributed by atoms with Gasteiger partial charge in [-0.1, -0.05) is 6.92 Å². The lowest BCUT2D eigenvalue weighted by Crippen LogP contribution is -2.25. The molecule has 0 spiro atoms. The van der Waals surface area contributed by atoms with Crippen molar-refractivity contribution in [1.29, 1.82) is 0 Å². The van der Waals surface area contributed by atoms with Crippen molar-refractivity contribution >= 4 is 11.9 Å². The lowest BCUT2D eigenvalue weighted by atomic mass is 10.1. The summed E-state index contributed by atoms with van der Waals surface area (Å²) >= 11 is 0. The van der Waals surface area contributed by atoms with Crippen LogP contribution in [0.3, 0.4) is 0 Å². The van der Waals surface area contributed by atoms with Crippen LogP contribution in [0.25, 0.3) is 0 Å². The second kappa shape index (κ2) is 6.58. The quantitative estimate of drug-likeness (QED) is 0.656. The minimum absolute atomic E-state index is 0.163. The highest BCUT2D eigenvalue weighted by Gasteiger charge is 2.12. The summed E-state index contributed by atoms with van der Waals surface area (Å²) in [6.07, 6.45) is 3.69. The molecular formula is C12H16N2O4. The van der Waals surface area contributed by atoms with Gasteiger partial charge in [0.1, 0.15) is 5.75 Å². The molecule has 98 valence electrons. The second-order valence-electron chi connectivity index (χ2n) is 4.03. The number of aliphatic carboxylic acids is 1. The zero-order valence-corrected chi connectivity index (χ0v) is 10.1. The van der Waals surface area contributed by atoms with Gasteiger partial charge in [0.25, 0.3) is 5.91 Å². The molecule has 18 heavy (non-hydrogen) atoms. The van der Waals surface area contributed by atoms with Crippen LogP contribution in [0.2, 0.25) is 0 Å². The van der Waals surface area contributed by atoms with Gasteiger partial charge in [0, 0.05) is 12.7 Å². The molecule has 1 aromatic heterocycles. The summed E-state index contributed by atoms with van der Waals surface area (Å²) in [5, 5.41) is 20.7. The Hall–Kier alpha value is -2.11. The minimum atomic E-state index is -0.840. The van der Waals surface area contributed by atoms with Crippen molar-refractivity contribution < 1.29 is 19.8 Å². The summed E-state index contributed by atoms with van der Waals surface area (Å²) in [5.74, 6) is -1.82. The number of hydrogen-bond donors (Lipinski definition) is 3. The van der Waals surface area contributed by atoms with Crippen LogP contribution in [0.1, 0.15) is 30.1 Å². The Balaban J connectivity index is 2.34. The Kier molecular flexibility index (Phi) is 5.10. The van der Waals surface area contributed by atoms with Gasteiger partial charge in [-0.25, -0.2) is 0 Å². The molecule has 0 bridgehead atoms. The fourth-order valence-electron chi connectivity index (χ4n) is 1.41. The van der Waals surface area contributed by atoms with E-state index in [-0.39, 0.29) is 11.3 Å². The van der Waals surface area contributed by atoms with E-state index >= 15 is 0 Å². The van der Waals surface area contributed by atoms with Gasteiger partial charge in [-0.15, -0.1) is 0 Å². The molecular weight excluding hydrogens is 236 g/mol. The number of pyridine rings is 1. The zero-order valence-electron chi connectivity index (χ0n) is 10.1. The third-order valence-electron chi connectivity index (χ3n) is 2.57. The number of hydrogen-bond acceptors (Lipinski definition) is 4. The average Bonchev–Trinajstić information content (AvgIpc) is 2.34. The molecule has 0 saturated carbocycles. The molecule has 0 radical (unpaired) electrons. The largest absolute Gasteiger partial charge is 0.505 e. The smallest absolute Gasteiger partial charge is 0.306 e. The molecule has 0 aromatic carbocycles. The first-order valence-corrected chi connectivity index (χ1v) is 5.66. The maximum Gasteiger partial charge on any atom is 0.306 e. The first-order valence-electron chi connectivity index (χ1n) is 5.66. The predicted molar refractivity (Wildman–Crippen MR) is 64.3 cm³/mol. The van der Waals surface area contributed by atoms with E-state index in [1.807, 2.05) is 0 Å². The van der Waals surface area contributed by atoms with E-state index in [0.717, 1.165) is 0 Å². The molecule has 6 nitrogen and oxygen atoms in total. The molecule has 1 unspecified atom stereocenters. The van der Waals surface area contributed by atoms with Crippen LogP contribution in [0.15, 0.2) is 18.5 Å². The summed E-state index contributed by atoms with van der Waals surface area (Å²) < 4.78 is 0. The van der Waals surface area contributed by atoms with Crippen LogP contribution in [-0.2, 0) is 4.79 Å². The molecule has 0 aliphatic carbocycles. The number of aromatic hydroxyl groups is 1. The van der Waals surface area contributed by atoms with Crippen LogP contribution in [0.5, 0.6) is 5.75 Å². The SMILES string of the molecule is CC(CCCNC(=O)c1ccncc1O)C(=O)O. The van der Waals surface area contributed by atoms with Crippen molar-refractivity contribution in [2.24, 2.45) is 5.92 Å². The summed E-state index contributed by atoms with van der Waals surface area (Å²) in [7, 11) is 0. The van der Waals surface area contributed by atoms with Gasteiger partial charge in [-0.3, -0.25) is 14.6 Å². The number of amides is 1. The van der Waals surface area contributed by atoms with Crippen LogP contribution >= 0.6 is 0 Å². The zero-order chi connectivity index (χ0) is 13.5. The van der Waals surface area contributed by atoms with Crippen molar-refractivity contribution in [3.8, 4) is 5.75 Å². The molecule has 0 aliphatic rings. The maximum absolute atomic E-state index is 11.6. The van der Waals surface area contributed by atoms with Gasteiger partial charge < -0.3 is 15.5 Å². The van der Waals surface area contributed by atoms with Gasteiger partial charge in [-0.2, -0.15) is 0 Å². The molecule has 3 N–H and O–H groups in total. The molecule has 1 rings (SSSR count). The van der Waals surface area contributed by atoms with Crippen LogP contribution < -0.4 is 5.32 Å². The van der Waals surface area contributed by atoms with E-state index in [4.69, 9.17) is 5.11 Å². The van der Waals surface area contributed by atoms with Crippen molar-refractivity contribution in [3.63, 3.8) is 0 Å². The fourth-order valence-corrected chi connectivity index (χ4v) is 1.41. The molecule has 1 aromatic rings. The standard InChI is InChI=1S/C12H16N2O4/c1-8(12(17)18)3-2-5-14-11(16)9-4-6-13-7-10(9)15/h4,6-8,15H,2-3,5H2,1H3,(H,14,16)(H,17,18). The normalized spacial score (nSPS) is 11.8. The third kappa shape index (κ3) is 4.04. The molecule has 1 atom stereocenters. The lowest BCUT2D eigenvalue weighted by molar-refractivity contribution is -0.141. The number of carboxylic acid groups (broad SMARTS) is 1. The minimum Gasteiger partial charge on any atom is -0.505 e. The molecule has 0 fully saturated rings. The monoisotopic (exact) mass is 252 g/mol.